The van der Waals surface area contributed by atoms with Gasteiger partial charge in [-0.1, -0.05) is 12.5 Å². The number of anilines is 1. The maximum absolute atomic E-state index is 12.9. The van der Waals surface area contributed by atoms with Crippen LogP contribution in [0, 0.1) is 0 Å². The third-order valence-electron chi connectivity index (χ3n) is 4.72. The Kier molecular flexibility index (Phi) is 6.67. The first-order valence-electron chi connectivity index (χ1n) is 9.84. The molecule has 0 radical (unpaired) electrons. The van der Waals surface area contributed by atoms with Crippen molar-refractivity contribution >= 4 is 11.9 Å². The van der Waals surface area contributed by atoms with Gasteiger partial charge in [-0.05, 0) is 73.9 Å². The van der Waals surface area contributed by atoms with E-state index in [9.17, 15) is 4.79 Å². The average Bonchev–Trinajstić information content (AvgIpc) is 2.53. The molecule has 2 rings (SSSR count). The molecule has 0 aromatic carbocycles. The van der Waals surface area contributed by atoms with Crippen LogP contribution in [0.4, 0.5) is 10.6 Å². The zero-order valence-corrected chi connectivity index (χ0v) is 17.5. The van der Waals surface area contributed by atoms with E-state index in [1.54, 1.807) is 11.1 Å². The molecule has 0 spiro atoms. The van der Waals surface area contributed by atoms with Gasteiger partial charge in [0.2, 0.25) is 0 Å². The fourth-order valence-electron chi connectivity index (χ4n) is 3.63. The number of hydrogen-bond acceptors (Lipinski definition) is 4. The van der Waals surface area contributed by atoms with Gasteiger partial charge >= 0.3 is 6.09 Å². The summed E-state index contributed by atoms with van der Waals surface area (Å²) in [6.07, 6.45) is 4.96. The molecule has 1 aliphatic rings. The molecule has 0 N–H and O–H groups in total. The molecule has 0 saturated carbocycles. The van der Waals surface area contributed by atoms with Gasteiger partial charge in [-0.25, -0.2) is 9.78 Å². The number of ether oxygens (including phenoxy) is 1. The van der Waals surface area contributed by atoms with Crippen LogP contribution in [0.1, 0.15) is 79.3 Å². The van der Waals surface area contributed by atoms with Gasteiger partial charge in [0.15, 0.2) is 0 Å². The molecular weight excluding hydrogens is 326 g/mol. The van der Waals surface area contributed by atoms with Crippen LogP contribution in [-0.4, -0.2) is 40.2 Å². The number of pyridine rings is 1. The maximum atomic E-state index is 12.9. The molecule has 0 bridgehead atoms. The second-order valence-corrected chi connectivity index (χ2v) is 8.70. The number of carbonyl (C=O) groups is 1. The minimum Gasteiger partial charge on any atom is -0.443 e. The summed E-state index contributed by atoms with van der Waals surface area (Å²) in [4.78, 5) is 21.7. The van der Waals surface area contributed by atoms with E-state index in [2.05, 4.69) is 29.8 Å². The predicted molar refractivity (Wildman–Crippen MR) is 107 cm³/mol. The average molecular weight is 362 g/mol. The largest absolute Gasteiger partial charge is 0.443 e. The van der Waals surface area contributed by atoms with Crippen LogP contribution in [0.2, 0.25) is 0 Å². The van der Waals surface area contributed by atoms with Crippen LogP contribution in [0.3, 0.4) is 0 Å². The van der Waals surface area contributed by atoms with Gasteiger partial charge in [0.1, 0.15) is 11.4 Å². The van der Waals surface area contributed by atoms with Gasteiger partial charge in [-0.15, -0.1) is 0 Å². The number of amides is 1. The quantitative estimate of drug-likeness (QED) is 0.742. The highest BCUT2D eigenvalue weighted by atomic mass is 16.6. The fraction of sp³-hybridized carbons (Fsp3) is 0.714. The van der Waals surface area contributed by atoms with Crippen molar-refractivity contribution in [2.45, 2.75) is 91.5 Å². The van der Waals surface area contributed by atoms with Crippen molar-refractivity contribution in [3.05, 3.63) is 23.9 Å². The minimum atomic E-state index is -0.534. The van der Waals surface area contributed by atoms with Crippen molar-refractivity contribution in [2.75, 3.05) is 11.4 Å². The monoisotopic (exact) mass is 361 g/mol. The van der Waals surface area contributed by atoms with E-state index in [0.717, 1.165) is 24.3 Å². The van der Waals surface area contributed by atoms with Gasteiger partial charge in [-0.3, -0.25) is 9.80 Å². The number of rotatable bonds is 4. The molecule has 1 aromatic heterocycles. The predicted octanol–water partition coefficient (Wildman–Crippen LogP) is 5.17. The summed E-state index contributed by atoms with van der Waals surface area (Å²) in [7, 11) is 0. The van der Waals surface area contributed by atoms with Gasteiger partial charge in [-0.2, -0.15) is 0 Å². The smallest absolute Gasteiger partial charge is 0.416 e. The fourth-order valence-corrected chi connectivity index (χ4v) is 3.63. The van der Waals surface area contributed by atoms with Crippen LogP contribution in [-0.2, 0) is 4.74 Å². The summed E-state index contributed by atoms with van der Waals surface area (Å²) >= 11 is 0. The Morgan fingerprint density at radius 3 is 2.54 bits per heavy atom. The Hall–Kier alpha value is -1.62. The molecule has 2 heterocycles. The molecule has 146 valence electrons. The van der Waals surface area contributed by atoms with E-state index in [-0.39, 0.29) is 18.2 Å². The van der Waals surface area contributed by atoms with Crippen LogP contribution in [0.15, 0.2) is 18.3 Å². The zero-order chi connectivity index (χ0) is 19.5. The number of nitrogens with zero attached hydrogens (tertiary/aromatic N) is 3. The van der Waals surface area contributed by atoms with Gasteiger partial charge in [0, 0.05) is 29.9 Å². The summed E-state index contributed by atoms with van der Waals surface area (Å²) in [5, 5.41) is 0. The number of piperidine rings is 1. The second kappa shape index (κ2) is 8.38. The highest BCUT2D eigenvalue weighted by Crippen LogP contribution is 2.37. The molecule has 5 heteroatoms. The minimum absolute atomic E-state index is 0.0328. The molecule has 1 saturated heterocycles. The van der Waals surface area contributed by atoms with Crippen molar-refractivity contribution in [2.24, 2.45) is 0 Å². The topological polar surface area (TPSA) is 45.7 Å². The first-order chi connectivity index (χ1) is 12.1. The Balaban J connectivity index is 2.43. The van der Waals surface area contributed by atoms with Crippen LogP contribution < -0.4 is 4.90 Å². The lowest BCUT2D eigenvalue weighted by molar-refractivity contribution is 0.0567. The molecule has 1 amide bonds. The molecule has 1 unspecified atom stereocenters. The van der Waals surface area contributed by atoms with Gasteiger partial charge in [0.05, 0.1) is 0 Å². The third kappa shape index (κ3) is 4.97. The standard InChI is InChI=1S/C21H35N3O2/c1-15(2)23-14-9-8-12-18(23)17-11-10-13-22-19(17)24(16(3)4)20(25)26-21(5,6)7/h10-11,13,15-16,18H,8-9,12,14H2,1-7H3. The van der Waals surface area contributed by atoms with Crippen LogP contribution in [0.25, 0.3) is 0 Å². The Bertz CT molecular complexity index is 608. The molecule has 1 aromatic rings. The summed E-state index contributed by atoms with van der Waals surface area (Å²) in [5.74, 6) is 0.731. The lowest BCUT2D eigenvalue weighted by Crippen LogP contribution is -2.44. The van der Waals surface area contributed by atoms with E-state index >= 15 is 0 Å². The van der Waals surface area contributed by atoms with Gasteiger partial charge in [0.25, 0.3) is 0 Å². The van der Waals surface area contributed by atoms with Crippen molar-refractivity contribution in [1.29, 1.82) is 0 Å². The zero-order valence-electron chi connectivity index (χ0n) is 17.5. The Morgan fingerprint density at radius 1 is 1.27 bits per heavy atom. The maximum Gasteiger partial charge on any atom is 0.416 e. The highest BCUT2D eigenvalue weighted by molar-refractivity contribution is 5.88. The van der Waals surface area contributed by atoms with Crippen LogP contribution in [0.5, 0.6) is 0 Å². The molecule has 5 nitrogen and oxygen atoms in total. The molecule has 1 atom stereocenters. The summed E-state index contributed by atoms with van der Waals surface area (Å²) in [5.41, 5.74) is 0.592. The Labute approximate surface area is 158 Å². The van der Waals surface area contributed by atoms with E-state index in [1.807, 2.05) is 40.7 Å². The third-order valence-corrected chi connectivity index (χ3v) is 4.72. The van der Waals surface area contributed by atoms with Crippen molar-refractivity contribution in [3.63, 3.8) is 0 Å². The summed E-state index contributed by atoms with van der Waals surface area (Å²) < 4.78 is 5.67. The lowest BCUT2D eigenvalue weighted by atomic mass is 9.94. The molecule has 26 heavy (non-hydrogen) atoms. The number of hydrogen-bond donors (Lipinski definition) is 0. The van der Waals surface area contributed by atoms with E-state index in [0.29, 0.717) is 6.04 Å². The lowest BCUT2D eigenvalue weighted by Gasteiger charge is -2.40. The van der Waals surface area contributed by atoms with Gasteiger partial charge < -0.3 is 4.74 Å². The molecule has 1 fully saturated rings. The number of aromatic nitrogens is 1. The highest BCUT2D eigenvalue weighted by Gasteiger charge is 2.33. The SMILES string of the molecule is CC(C)N(C(=O)OC(C)(C)C)c1ncccc1C1CCCCN1C(C)C. The van der Waals surface area contributed by atoms with Crippen molar-refractivity contribution < 1.29 is 9.53 Å². The summed E-state index contributed by atoms with van der Waals surface area (Å²) in [6.45, 7) is 15.3. The number of likely N-dealkylation sites (tertiary alicyclic amines) is 1. The second-order valence-electron chi connectivity index (χ2n) is 8.70. The van der Waals surface area contributed by atoms with Crippen LogP contribution >= 0.6 is 0 Å². The Morgan fingerprint density at radius 2 is 1.96 bits per heavy atom. The number of carbonyl (C=O) groups excluding carboxylic acids is 1. The first-order valence-corrected chi connectivity index (χ1v) is 9.84. The summed E-state index contributed by atoms with van der Waals surface area (Å²) in [6, 6.07) is 4.81. The normalized spacial score (nSPS) is 19.0. The molecule has 0 aliphatic carbocycles. The van der Waals surface area contributed by atoms with Crippen molar-refractivity contribution in [3.8, 4) is 0 Å². The van der Waals surface area contributed by atoms with E-state index in [4.69, 9.17) is 4.74 Å². The first kappa shape index (κ1) is 20.7. The van der Waals surface area contributed by atoms with E-state index < -0.39 is 5.60 Å². The molecular formula is C21H35N3O2. The van der Waals surface area contributed by atoms with E-state index in [1.165, 1.54) is 12.8 Å². The molecule has 1 aliphatic heterocycles. The van der Waals surface area contributed by atoms with Crippen molar-refractivity contribution in [1.82, 2.24) is 9.88 Å².